The number of rotatable bonds is 6. The van der Waals surface area contributed by atoms with Crippen LogP contribution in [0.1, 0.15) is 6.92 Å². The number of benzene rings is 2. The first-order valence-corrected chi connectivity index (χ1v) is 10.3. The molecule has 1 atom stereocenters. The van der Waals surface area contributed by atoms with E-state index in [-0.39, 0.29) is 10.6 Å². The molecule has 0 spiro atoms. The van der Waals surface area contributed by atoms with Crippen LogP contribution in [0.15, 0.2) is 53.4 Å². The highest BCUT2D eigenvalue weighted by atomic mass is 32.2. The van der Waals surface area contributed by atoms with Crippen molar-refractivity contribution >= 4 is 27.3 Å². The smallest absolute Gasteiger partial charge is 0.246 e. The molecule has 9 heteroatoms. The Bertz CT molecular complexity index is 946. The van der Waals surface area contributed by atoms with E-state index in [1.54, 1.807) is 25.1 Å². The lowest BCUT2D eigenvalue weighted by Gasteiger charge is -2.26. The zero-order valence-corrected chi connectivity index (χ0v) is 16.2. The van der Waals surface area contributed by atoms with E-state index in [4.69, 9.17) is 4.74 Å². The number of hydrogen-bond donors (Lipinski definition) is 2. The van der Waals surface area contributed by atoms with Crippen LogP contribution in [0.2, 0.25) is 0 Å². The van der Waals surface area contributed by atoms with Gasteiger partial charge in [-0.25, -0.2) is 12.8 Å². The fourth-order valence-electron chi connectivity index (χ4n) is 2.80. The monoisotopic (exact) mass is 407 g/mol. The molecule has 150 valence electrons. The number of halogens is 1. The quantitative estimate of drug-likeness (QED) is 0.767. The Hall–Kier alpha value is -2.49. The van der Waals surface area contributed by atoms with Crippen LogP contribution in [-0.2, 0) is 19.6 Å². The number of hydrogen-bond acceptors (Lipinski definition) is 5. The number of ether oxygens (including phenoxy) is 1. The van der Waals surface area contributed by atoms with E-state index in [0.717, 1.165) is 0 Å². The number of carbonyl (C=O) groups excluding carboxylic acids is 1. The summed E-state index contributed by atoms with van der Waals surface area (Å²) in [7, 11) is -3.63. The van der Waals surface area contributed by atoms with E-state index in [1.165, 1.54) is 34.6 Å². The van der Waals surface area contributed by atoms with Crippen molar-refractivity contribution in [1.29, 1.82) is 0 Å². The van der Waals surface area contributed by atoms with E-state index >= 15 is 0 Å². The lowest BCUT2D eigenvalue weighted by atomic mass is 10.2. The Labute approximate surface area is 163 Å². The second-order valence-electron chi connectivity index (χ2n) is 6.38. The molecular formula is C19H22FN3O4S. The Morgan fingerprint density at radius 1 is 1.14 bits per heavy atom. The molecule has 0 aromatic heterocycles. The van der Waals surface area contributed by atoms with Crippen molar-refractivity contribution in [3.05, 3.63) is 54.3 Å². The van der Waals surface area contributed by atoms with Crippen molar-refractivity contribution in [2.45, 2.75) is 17.9 Å². The van der Waals surface area contributed by atoms with Gasteiger partial charge in [0.25, 0.3) is 0 Å². The maximum absolute atomic E-state index is 13.7. The van der Waals surface area contributed by atoms with Crippen molar-refractivity contribution in [3.8, 4) is 0 Å². The number of para-hydroxylation sites is 1. The molecule has 0 radical (unpaired) electrons. The molecular weight excluding hydrogens is 385 g/mol. The van der Waals surface area contributed by atoms with Gasteiger partial charge in [0.15, 0.2) is 0 Å². The molecule has 0 saturated carbocycles. The minimum absolute atomic E-state index is 0.0878. The van der Waals surface area contributed by atoms with Gasteiger partial charge in [-0.05, 0) is 37.3 Å². The summed E-state index contributed by atoms with van der Waals surface area (Å²) in [6.07, 6.45) is 0. The van der Waals surface area contributed by atoms with Gasteiger partial charge in [0.2, 0.25) is 15.9 Å². The van der Waals surface area contributed by atoms with Gasteiger partial charge in [-0.3, -0.25) is 4.79 Å². The van der Waals surface area contributed by atoms with Crippen LogP contribution in [0.3, 0.4) is 0 Å². The van der Waals surface area contributed by atoms with E-state index in [1.807, 2.05) is 0 Å². The topological polar surface area (TPSA) is 87.7 Å². The van der Waals surface area contributed by atoms with E-state index in [2.05, 4.69) is 10.6 Å². The largest absolute Gasteiger partial charge is 0.379 e. The maximum atomic E-state index is 13.7. The van der Waals surface area contributed by atoms with E-state index in [9.17, 15) is 17.6 Å². The molecule has 0 unspecified atom stereocenters. The van der Waals surface area contributed by atoms with Crippen LogP contribution in [0.5, 0.6) is 0 Å². The lowest BCUT2D eigenvalue weighted by Crippen LogP contribution is -2.40. The number of nitrogens with zero attached hydrogens (tertiary/aromatic N) is 1. The number of carbonyl (C=O) groups is 1. The molecule has 2 aromatic carbocycles. The molecule has 0 bridgehead atoms. The molecule has 1 aliphatic rings. The summed E-state index contributed by atoms with van der Waals surface area (Å²) in [5.74, 6) is -0.965. The SMILES string of the molecule is C[C@@H](Nc1cccc(S(=O)(=O)N2CCOCC2)c1)C(=O)Nc1ccccc1F. The van der Waals surface area contributed by atoms with Crippen LogP contribution in [0.4, 0.5) is 15.8 Å². The third-order valence-corrected chi connectivity index (χ3v) is 6.24. The third kappa shape index (κ3) is 4.67. The van der Waals surface area contributed by atoms with Gasteiger partial charge in [0.1, 0.15) is 11.9 Å². The van der Waals surface area contributed by atoms with Crippen LogP contribution in [0, 0.1) is 5.82 Å². The molecule has 1 heterocycles. The van der Waals surface area contributed by atoms with Crippen molar-refractivity contribution in [2.24, 2.45) is 0 Å². The minimum Gasteiger partial charge on any atom is -0.379 e. The van der Waals surface area contributed by atoms with Crippen LogP contribution in [-0.4, -0.2) is 51.0 Å². The summed E-state index contributed by atoms with van der Waals surface area (Å²) in [6, 6.07) is 11.5. The summed E-state index contributed by atoms with van der Waals surface area (Å²) in [4.78, 5) is 12.5. The Morgan fingerprint density at radius 2 is 1.86 bits per heavy atom. The standard InChI is InChI=1S/C19H22FN3O4S/c1-14(19(24)22-18-8-3-2-7-17(18)20)21-15-5-4-6-16(13-15)28(25,26)23-9-11-27-12-10-23/h2-8,13-14,21H,9-12H2,1H3,(H,22,24)/t14-/m1/s1. The molecule has 7 nitrogen and oxygen atoms in total. The van der Waals surface area contributed by atoms with Crippen molar-refractivity contribution in [2.75, 3.05) is 36.9 Å². The van der Waals surface area contributed by atoms with Crippen LogP contribution in [0.25, 0.3) is 0 Å². The van der Waals surface area contributed by atoms with Gasteiger partial charge >= 0.3 is 0 Å². The highest BCUT2D eigenvalue weighted by Gasteiger charge is 2.26. The van der Waals surface area contributed by atoms with Gasteiger partial charge < -0.3 is 15.4 Å². The highest BCUT2D eigenvalue weighted by Crippen LogP contribution is 2.21. The fraction of sp³-hybridized carbons (Fsp3) is 0.316. The predicted octanol–water partition coefficient (Wildman–Crippen LogP) is 2.29. The Balaban J connectivity index is 1.70. The zero-order valence-electron chi connectivity index (χ0n) is 15.4. The van der Waals surface area contributed by atoms with Gasteiger partial charge in [-0.2, -0.15) is 4.31 Å². The first kappa shape index (κ1) is 20.2. The Morgan fingerprint density at radius 3 is 2.57 bits per heavy atom. The predicted molar refractivity (Wildman–Crippen MR) is 104 cm³/mol. The summed E-state index contributed by atoms with van der Waals surface area (Å²) in [5.41, 5.74) is 0.565. The number of morpholine rings is 1. The van der Waals surface area contributed by atoms with Gasteiger partial charge in [-0.15, -0.1) is 0 Å². The first-order valence-electron chi connectivity index (χ1n) is 8.88. The molecule has 2 aromatic rings. The van der Waals surface area contributed by atoms with Crippen molar-refractivity contribution in [1.82, 2.24) is 4.31 Å². The molecule has 1 aliphatic heterocycles. The van der Waals surface area contributed by atoms with Crippen molar-refractivity contribution < 1.29 is 22.3 Å². The maximum Gasteiger partial charge on any atom is 0.246 e. The number of anilines is 2. The molecule has 1 fully saturated rings. The molecule has 1 saturated heterocycles. The average Bonchev–Trinajstić information content (AvgIpc) is 2.70. The second kappa shape index (κ2) is 8.68. The molecule has 2 N–H and O–H groups in total. The number of nitrogens with one attached hydrogen (secondary N) is 2. The molecule has 1 amide bonds. The fourth-order valence-corrected chi connectivity index (χ4v) is 4.26. The highest BCUT2D eigenvalue weighted by molar-refractivity contribution is 7.89. The average molecular weight is 407 g/mol. The summed E-state index contributed by atoms with van der Waals surface area (Å²) in [5, 5.41) is 5.46. The normalized spacial score (nSPS) is 16.4. The van der Waals surface area contributed by atoms with E-state index in [0.29, 0.717) is 32.0 Å². The van der Waals surface area contributed by atoms with E-state index < -0.39 is 27.8 Å². The molecule has 28 heavy (non-hydrogen) atoms. The molecule has 3 rings (SSSR count). The van der Waals surface area contributed by atoms with Crippen LogP contribution >= 0.6 is 0 Å². The number of amides is 1. The number of sulfonamides is 1. The lowest BCUT2D eigenvalue weighted by molar-refractivity contribution is -0.116. The molecule has 0 aliphatic carbocycles. The summed E-state index contributed by atoms with van der Waals surface area (Å²) >= 11 is 0. The third-order valence-electron chi connectivity index (χ3n) is 4.35. The Kier molecular flexibility index (Phi) is 6.28. The van der Waals surface area contributed by atoms with Crippen molar-refractivity contribution in [3.63, 3.8) is 0 Å². The first-order chi connectivity index (χ1) is 13.4. The van der Waals surface area contributed by atoms with Gasteiger partial charge in [0.05, 0.1) is 23.8 Å². The summed E-state index contributed by atoms with van der Waals surface area (Å²) in [6.45, 7) is 2.96. The van der Waals surface area contributed by atoms with Gasteiger partial charge in [0, 0.05) is 18.8 Å². The van der Waals surface area contributed by atoms with Crippen LogP contribution < -0.4 is 10.6 Å². The zero-order chi connectivity index (χ0) is 20.1. The van der Waals surface area contributed by atoms with Gasteiger partial charge in [-0.1, -0.05) is 18.2 Å². The second-order valence-corrected chi connectivity index (χ2v) is 8.32. The minimum atomic E-state index is -3.63. The summed E-state index contributed by atoms with van der Waals surface area (Å²) < 4.78 is 45.8.